The normalized spacial score (nSPS) is 20.5. The maximum Gasteiger partial charge on any atom is 0.259 e. The number of aliphatic hydroxyl groups excluding tert-OH is 1. The Morgan fingerprint density at radius 1 is 1.19 bits per heavy atom. The molecule has 0 atom stereocenters. The van der Waals surface area contributed by atoms with Crippen LogP contribution < -0.4 is 11.1 Å². The van der Waals surface area contributed by atoms with Crippen molar-refractivity contribution in [1.82, 2.24) is 14.5 Å². The molecule has 0 aliphatic heterocycles. The lowest BCUT2D eigenvalue weighted by Gasteiger charge is -2.24. The van der Waals surface area contributed by atoms with Gasteiger partial charge in [0.15, 0.2) is 5.78 Å². The zero-order chi connectivity index (χ0) is 18.3. The van der Waals surface area contributed by atoms with E-state index in [1.807, 2.05) is 0 Å². The van der Waals surface area contributed by atoms with Gasteiger partial charge in [0.05, 0.1) is 28.9 Å². The van der Waals surface area contributed by atoms with Crippen LogP contribution in [-0.2, 0) is 11.3 Å². The van der Waals surface area contributed by atoms with E-state index in [1.54, 1.807) is 12.1 Å². The third-order valence-corrected chi connectivity index (χ3v) is 5.26. The predicted molar refractivity (Wildman–Crippen MR) is 97.1 cm³/mol. The number of aromatic amines is 1. The Balaban J connectivity index is 1.85. The number of fused-ring (bicyclic) bond motifs is 3. The van der Waals surface area contributed by atoms with E-state index in [2.05, 4.69) is 9.97 Å². The monoisotopic (exact) mass is 353 g/mol. The summed E-state index contributed by atoms with van der Waals surface area (Å²) in [6.07, 6.45) is 6.61. The number of carbonyl (C=O) groups excluding carboxylic acids is 1. The summed E-state index contributed by atoms with van der Waals surface area (Å²) >= 11 is 0. The minimum Gasteiger partial charge on any atom is -0.393 e. The van der Waals surface area contributed by atoms with Crippen molar-refractivity contribution in [2.75, 3.05) is 0 Å². The number of nitrogens with one attached hydrogen (secondary N) is 1. The van der Waals surface area contributed by atoms with E-state index in [0.717, 1.165) is 0 Å². The Kier molecular flexibility index (Phi) is 4.16. The van der Waals surface area contributed by atoms with Crippen LogP contribution in [0.3, 0.4) is 0 Å². The number of H-pyrrole nitrogens is 1. The molecule has 3 aromatic rings. The second kappa shape index (κ2) is 6.49. The lowest BCUT2D eigenvalue weighted by Crippen LogP contribution is -2.31. The summed E-state index contributed by atoms with van der Waals surface area (Å²) in [6, 6.07) is 3.21. The van der Waals surface area contributed by atoms with Gasteiger partial charge in [0.25, 0.3) is 11.1 Å². The maximum atomic E-state index is 13.0. The van der Waals surface area contributed by atoms with Crippen molar-refractivity contribution >= 4 is 27.5 Å². The van der Waals surface area contributed by atoms with Crippen molar-refractivity contribution in [3.8, 4) is 0 Å². The molecule has 134 valence electrons. The fraction of sp³-hybridized carbons (Fsp3) is 0.368. The molecule has 1 fully saturated rings. The molecular weight excluding hydrogens is 334 g/mol. The number of hydrogen-bond donors (Lipinski definition) is 2. The van der Waals surface area contributed by atoms with Gasteiger partial charge >= 0.3 is 0 Å². The third-order valence-electron chi connectivity index (χ3n) is 5.26. The molecule has 0 bridgehead atoms. The van der Waals surface area contributed by atoms with E-state index in [9.17, 15) is 19.5 Å². The predicted octanol–water partition coefficient (Wildman–Crippen LogP) is 1.36. The van der Waals surface area contributed by atoms with Crippen LogP contribution in [0.5, 0.6) is 0 Å². The Morgan fingerprint density at radius 2 is 1.96 bits per heavy atom. The maximum absolute atomic E-state index is 13.0. The molecule has 4 rings (SSSR count). The van der Waals surface area contributed by atoms with Gasteiger partial charge in [-0.05, 0) is 37.8 Å². The van der Waals surface area contributed by atoms with Crippen molar-refractivity contribution in [1.29, 1.82) is 0 Å². The van der Waals surface area contributed by atoms with E-state index in [1.165, 1.54) is 23.2 Å². The molecule has 0 saturated heterocycles. The minimum atomic E-state index is -0.339. The van der Waals surface area contributed by atoms with Gasteiger partial charge in [0.1, 0.15) is 0 Å². The first-order valence-corrected chi connectivity index (χ1v) is 8.75. The Hall–Kier alpha value is -2.80. The van der Waals surface area contributed by atoms with Gasteiger partial charge in [0.2, 0.25) is 0 Å². The summed E-state index contributed by atoms with van der Waals surface area (Å²) in [5, 5.41) is 10.8. The second-order valence-electron chi connectivity index (χ2n) is 6.85. The molecule has 1 aliphatic carbocycles. The van der Waals surface area contributed by atoms with Gasteiger partial charge in [-0.25, -0.2) is 0 Å². The molecule has 0 amide bonds. The van der Waals surface area contributed by atoms with Crippen LogP contribution in [0.2, 0.25) is 0 Å². The summed E-state index contributed by atoms with van der Waals surface area (Å²) in [7, 11) is 0. The lowest BCUT2D eigenvalue weighted by molar-refractivity contribution is -0.125. The summed E-state index contributed by atoms with van der Waals surface area (Å²) in [6.45, 7) is -0.0716. The number of Topliss-reactive ketones (excluding diaryl/α,β-unsaturated/α-hetero) is 1. The molecule has 0 radical (unpaired) electrons. The van der Waals surface area contributed by atoms with E-state index in [-0.39, 0.29) is 35.5 Å². The number of aliphatic hydroxyl groups is 1. The molecule has 0 aromatic carbocycles. The van der Waals surface area contributed by atoms with Crippen LogP contribution >= 0.6 is 0 Å². The van der Waals surface area contributed by atoms with Crippen LogP contribution in [0.15, 0.2) is 40.3 Å². The van der Waals surface area contributed by atoms with Gasteiger partial charge in [-0.15, -0.1) is 0 Å². The van der Waals surface area contributed by atoms with Crippen molar-refractivity contribution in [2.24, 2.45) is 5.92 Å². The van der Waals surface area contributed by atoms with Gasteiger partial charge in [0, 0.05) is 29.9 Å². The minimum absolute atomic E-state index is 0.0333. The number of carbonyl (C=O) groups is 1. The van der Waals surface area contributed by atoms with E-state index in [0.29, 0.717) is 47.4 Å². The van der Waals surface area contributed by atoms with Crippen LogP contribution in [0.25, 0.3) is 21.7 Å². The molecule has 1 aliphatic rings. The van der Waals surface area contributed by atoms with E-state index >= 15 is 0 Å². The highest BCUT2D eigenvalue weighted by molar-refractivity contribution is 6.04. The number of hydrogen-bond acceptors (Lipinski definition) is 5. The second-order valence-corrected chi connectivity index (χ2v) is 6.85. The van der Waals surface area contributed by atoms with Crippen molar-refractivity contribution < 1.29 is 9.90 Å². The highest BCUT2D eigenvalue weighted by Crippen LogP contribution is 2.26. The average molecular weight is 353 g/mol. The Morgan fingerprint density at radius 3 is 2.73 bits per heavy atom. The average Bonchev–Trinajstić information content (AvgIpc) is 2.65. The van der Waals surface area contributed by atoms with Gasteiger partial charge in [-0.1, -0.05) is 0 Å². The summed E-state index contributed by atoms with van der Waals surface area (Å²) in [5.74, 6) is -0.190. The quantitative estimate of drug-likeness (QED) is 0.692. The Bertz CT molecular complexity index is 1110. The molecule has 0 spiro atoms. The van der Waals surface area contributed by atoms with Crippen molar-refractivity contribution in [2.45, 2.75) is 38.3 Å². The SMILES string of the molecule is O=C(Cn1c(=O)c2ccncc2c2c(=O)[nH]ccc21)C1CCC(O)CC1. The number of nitrogens with zero attached hydrogens (tertiary/aromatic N) is 2. The number of ketones is 1. The van der Waals surface area contributed by atoms with Crippen LogP contribution in [-0.4, -0.2) is 31.5 Å². The first-order valence-electron chi connectivity index (χ1n) is 8.75. The number of pyridine rings is 3. The molecule has 3 aromatic heterocycles. The van der Waals surface area contributed by atoms with Crippen LogP contribution in [0, 0.1) is 5.92 Å². The Labute approximate surface area is 148 Å². The summed E-state index contributed by atoms with van der Waals surface area (Å²) in [5.41, 5.74) is -0.185. The molecular formula is C19H19N3O4. The van der Waals surface area contributed by atoms with Crippen molar-refractivity contribution in [3.05, 3.63) is 51.4 Å². The van der Waals surface area contributed by atoms with Crippen LogP contribution in [0.4, 0.5) is 0 Å². The first kappa shape index (κ1) is 16.7. The summed E-state index contributed by atoms with van der Waals surface area (Å²) < 4.78 is 1.39. The molecule has 0 unspecified atom stereocenters. The lowest BCUT2D eigenvalue weighted by atomic mass is 9.84. The zero-order valence-electron chi connectivity index (χ0n) is 14.1. The van der Waals surface area contributed by atoms with E-state index in [4.69, 9.17) is 0 Å². The van der Waals surface area contributed by atoms with E-state index < -0.39 is 0 Å². The van der Waals surface area contributed by atoms with Crippen LogP contribution in [0.1, 0.15) is 25.7 Å². The van der Waals surface area contributed by atoms with Crippen molar-refractivity contribution in [3.63, 3.8) is 0 Å². The molecule has 2 N–H and O–H groups in total. The highest BCUT2D eigenvalue weighted by Gasteiger charge is 2.26. The summed E-state index contributed by atoms with van der Waals surface area (Å²) in [4.78, 5) is 44.7. The fourth-order valence-corrected chi connectivity index (χ4v) is 3.83. The van der Waals surface area contributed by atoms with Gasteiger partial charge < -0.3 is 14.7 Å². The number of aromatic nitrogens is 3. The highest BCUT2D eigenvalue weighted by atomic mass is 16.3. The largest absolute Gasteiger partial charge is 0.393 e. The molecule has 7 nitrogen and oxygen atoms in total. The molecule has 7 heteroatoms. The molecule has 3 heterocycles. The molecule has 1 saturated carbocycles. The number of rotatable bonds is 3. The fourth-order valence-electron chi connectivity index (χ4n) is 3.83. The molecule has 26 heavy (non-hydrogen) atoms. The zero-order valence-corrected chi connectivity index (χ0v) is 14.1. The third kappa shape index (κ3) is 2.74. The van der Waals surface area contributed by atoms with Gasteiger partial charge in [-0.2, -0.15) is 0 Å². The topological polar surface area (TPSA) is 105 Å². The van der Waals surface area contributed by atoms with Gasteiger partial charge in [-0.3, -0.25) is 19.4 Å². The first-order chi connectivity index (χ1) is 12.6. The standard InChI is InChI=1S/C19H19N3O4/c23-12-3-1-11(2-4-12)16(24)10-22-15-6-8-21-18(25)17(15)14-9-20-7-5-13(14)19(22)26/h5-9,11-12,23H,1-4,10H2,(H,21,25). The smallest absolute Gasteiger partial charge is 0.259 e.